The van der Waals surface area contributed by atoms with Gasteiger partial charge in [0.2, 0.25) is 0 Å². The molecule has 29 heavy (non-hydrogen) atoms. The number of halogens is 3. The summed E-state index contributed by atoms with van der Waals surface area (Å²) in [6.45, 7) is 5.56. The van der Waals surface area contributed by atoms with Gasteiger partial charge in [0.1, 0.15) is 0 Å². The number of nitrogens with one attached hydrogen (secondary N) is 1. The molecular formula is C19H27F3N4O2S. The van der Waals surface area contributed by atoms with Crippen LogP contribution in [0.1, 0.15) is 18.9 Å². The topological polar surface area (TPSA) is 65.0 Å². The SMILES string of the molecule is CCNC(=NCC1CCS(=O)(=O)C1)N1CCN(c2cccc(C(F)(F)F)c2)CC1. The lowest BCUT2D eigenvalue weighted by Crippen LogP contribution is -2.52. The van der Waals surface area contributed by atoms with Gasteiger partial charge in [-0.3, -0.25) is 4.99 Å². The molecule has 1 atom stereocenters. The Morgan fingerprint density at radius 1 is 1.24 bits per heavy atom. The molecule has 2 fully saturated rings. The number of sulfone groups is 1. The van der Waals surface area contributed by atoms with Crippen molar-refractivity contribution in [1.82, 2.24) is 10.2 Å². The van der Waals surface area contributed by atoms with Gasteiger partial charge in [0.15, 0.2) is 15.8 Å². The molecule has 0 aliphatic carbocycles. The second-order valence-corrected chi connectivity index (χ2v) is 9.71. The summed E-state index contributed by atoms with van der Waals surface area (Å²) in [4.78, 5) is 8.65. The summed E-state index contributed by atoms with van der Waals surface area (Å²) in [7, 11) is -2.92. The van der Waals surface area contributed by atoms with Gasteiger partial charge in [0.05, 0.1) is 17.1 Å². The zero-order valence-corrected chi connectivity index (χ0v) is 17.3. The Hall–Kier alpha value is -1.97. The van der Waals surface area contributed by atoms with Crippen molar-refractivity contribution in [3.05, 3.63) is 29.8 Å². The first-order valence-electron chi connectivity index (χ1n) is 9.84. The summed E-state index contributed by atoms with van der Waals surface area (Å²) < 4.78 is 62.1. The maximum absolute atomic E-state index is 13.0. The lowest BCUT2D eigenvalue weighted by Gasteiger charge is -2.38. The molecular weight excluding hydrogens is 405 g/mol. The predicted molar refractivity (Wildman–Crippen MR) is 108 cm³/mol. The van der Waals surface area contributed by atoms with Gasteiger partial charge in [-0.05, 0) is 37.5 Å². The van der Waals surface area contributed by atoms with Crippen LogP contribution in [0.5, 0.6) is 0 Å². The summed E-state index contributed by atoms with van der Waals surface area (Å²) in [6, 6.07) is 5.41. The summed E-state index contributed by atoms with van der Waals surface area (Å²) in [5.74, 6) is 1.22. The van der Waals surface area contributed by atoms with E-state index < -0.39 is 21.6 Å². The number of hydrogen-bond donors (Lipinski definition) is 1. The van der Waals surface area contributed by atoms with E-state index in [0.29, 0.717) is 51.4 Å². The van der Waals surface area contributed by atoms with Crippen molar-refractivity contribution in [2.45, 2.75) is 19.5 Å². The highest BCUT2D eigenvalue weighted by atomic mass is 32.2. The zero-order valence-electron chi connectivity index (χ0n) is 16.5. The van der Waals surface area contributed by atoms with Crippen molar-refractivity contribution in [2.24, 2.45) is 10.9 Å². The quantitative estimate of drug-likeness (QED) is 0.584. The second-order valence-electron chi connectivity index (χ2n) is 7.49. The number of aliphatic imine (C=N–C) groups is 1. The second kappa shape index (κ2) is 8.81. The molecule has 1 N–H and O–H groups in total. The molecule has 10 heteroatoms. The van der Waals surface area contributed by atoms with Crippen LogP contribution in [0.15, 0.2) is 29.3 Å². The largest absolute Gasteiger partial charge is 0.416 e. The average Bonchev–Trinajstić information content (AvgIpc) is 3.03. The Bertz CT molecular complexity index is 834. The molecule has 0 saturated carbocycles. The van der Waals surface area contributed by atoms with Crippen molar-refractivity contribution in [2.75, 3.05) is 55.7 Å². The molecule has 162 valence electrons. The van der Waals surface area contributed by atoms with Crippen molar-refractivity contribution in [3.63, 3.8) is 0 Å². The molecule has 2 aliphatic heterocycles. The minimum Gasteiger partial charge on any atom is -0.368 e. The first-order chi connectivity index (χ1) is 13.7. The summed E-state index contributed by atoms with van der Waals surface area (Å²) in [6.07, 6.45) is -3.70. The Labute approximate surface area is 169 Å². The Morgan fingerprint density at radius 2 is 1.97 bits per heavy atom. The smallest absolute Gasteiger partial charge is 0.368 e. The van der Waals surface area contributed by atoms with Crippen LogP contribution in [0.25, 0.3) is 0 Å². The maximum atomic E-state index is 13.0. The number of hydrogen-bond acceptors (Lipinski definition) is 4. The molecule has 0 amide bonds. The van der Waals surface area contributed by atoms with E-state index >= 15 is 0 Å². The monoisotopic (exact) mass is 432 g/mol. The van der Waals surface area contributed by atoms with Crippen LogP contribution in [0.4, 0.5) is 18.9 Å². The van der Waals surface area contributed by atoms with Gasteiger partial charge in [0.25, 0.3) is 0 Å². The molecule has 0 radical (unpaired) electrons. The Kier molecular flexibility index (Phi) is 6.60. The molecule has 1 aromatic rings. The van der Waals surface area contributed by atoms with Crippen LogP contribution in [-0.4, -0.2) is 70.1 Å². The van der Waals surface area contributed by atoms with Crippen LogP contribution in [0, 0.1) is 5.92 Å². The Balaban J connectivity index is 1.61. The van der Waals surface area contributed by atoms with Crippen molar-refractivity contribution >= 4 is 21.5 Å². The van der Waals surface area contributed by atoms with Crippen LogP contribution in [0.2, 0.25) is 0 Å². The van der Waals surface area contributed by atoms with E-state index in [0.717, 1.165) is 12.0 Å². The fourth-order valence-electron chi connectivity index (χ4n) is 3.71. The number of piperazine rings is 1. The molecule has 6 nitrogen and oxygen atoms in total. The third-order valence-electron chi connectivity index (χ3n) is 5.28. The van der Waals surface area contributed by atoms with E-state index in [4.69, 9.17) is 0 Å². The van der Waals surface area contributed by atoms with Crippen LogP contribution >= 0.6 is 0 Å². The first-order valence-corrected chi connectivity index (χ1v) is 11.7. The Morgan fingerprint density at radius 3 is 2.55 bits per heavy atom. The molecule has 1 aromatic carbocycles. The van der Waals surface area contributed by atoms with E-state index in [1.165, 1.54) is 12.1 Å². The van der Waals surface area contributed by atoms with Gasteiger partial charge in [-0.2, -0.15) is 13.2 Å². The number of rotatable bonds is 4. The van der Waals surface area contributed by atoms with Crippen LogP contribution in [0.3, 0.4) is 0 Å². The summed E-state index contributed by atoms with van der Waals surface area (Å²) >= 11 is 0. The predicted octanol–water partition coefficient (Wildman–Crippen LogP) is 2.23. The lowest BCUT2D eigenvalue weighted by atomic mass is 10.1. The average molecular weight is 433 g/mol. The normalized spacial score (nSPS) is 22.8. The van der Waals surface area contributed by atoms with Gasteiger partial charge in [-0.25, -0.2) is 8.42 Å². The highest BCUT2D eigenvalue weighted by Gasteiger charge is 2.31. The summed E-state index contributed by atoms with van der Waals surface area (Å²) in [5, 5.41) is 3.24. The third kappa shape index (κ3) is 5.77. The lowest BCUT2D eigenvalue weighted by molar-refractivity contribution is -0.137. The molecule has 0 bridgehead atoms. The number of alkyl halides is 3. The number of anilines is 1. The molecule has 2 saturated heterocycles. The minimum atomic E-state index is -4.35. The number of benzene rings is 1. The van der Waals surface area contributed by atoms with Crippen molar-refractivity contribution in [3.8, 4) is 0 Å². The fourth-order valence-corrected chi connectivity index (χ4v) is 5.56. The molecule has 0 aromatic heterocycles. The minimum absolute atomic E-state index is 0.0556. The molecule has 2 aliphatic rings. The molecule has 0 spiro atoms. The van der Waals surface area contributed by atoms with E-state index in [1.807, 2.05) is 11.8 Å². The highest BCUT2D eigenvalue weighted by Crippen LogP contribution is 2.31. The molecule has 1 unspecified atom stereocenters. The molecule has 2 heterocycles. The van der Waals surface area contributed by atoms with Crippen molar-refractivity contribution < 1.29 is 21.6 Å². The number of nitrogens with zero attached hydrogens (tertiary/aromatic N) is 3. The van der Waals surface area contributed by atoms with Gasteiger partial charge in [0, 0.05) is 45.0 Å². The van der Waals surface area contributed by atoms with E-state index in [9.17, 15) is 21.6 Å². The van der Waals surface area contributed by atoms with Crippen LogP contribution in [-0.2, 0) is 16.0 Å². The third-order valence-corrected chi connectivity index (χ3v) is 7.12. The van der Waals surface area contributed by atoms with Gasteiger partial charge >= 0.3 is 6.18 Å². The molecule has 3 rings (SSSR count). The zero-order chi connectivity index (χ0) is 21.1. The van der Waals surface area contributed by atoms with E-state index in [1.54, 1.807) is 6.07 Å². The van der Waals surface area contributed by atoms with Gasteiger partial charge in [-0.1, -0.05) is 6.07 Å². The van der Waals surface area contributed by atoms with Gasteiger partial charge in [-0.15, -0.1) is 0 Å². The number of guanidine groups is 1. The standard InChI is InChI=1S/C19H27F3N4O2S/c1-2-23-18(24-13-15-6-11-29(27,28)14-15)26-9-7-25(8-10-26)17-5-3-4-16(12-17)19(20,21)22/h3-5,12,15H,2,6-11,13-14H2,1H3,(H,23,24). The van der Waals surface area contributed by atoms with E-state index in [2.05, 4.69) is 15.2 Å². The van der Waals surface area contributed by atoms with Crippen LogP contribution < -0.4 is 10.2 Å². The maximum Gasteiger partial charge on any atom is 0.416 e. The van der Waals surface area contributed by atoms with E-state index in [-0.39, 0.29) is 17.4 Å². The van der Waals surface area contributed by atoms with Crippen molar-refractivity contribution in [1.29, 1.82) is 0 Å². The summed E-state index contributed by atoms with van der Waals surface area (Å²) in [5.41, 5.74) is -0.0728. The van der Waals surface area contributed by atoms with Gasteiger partial charge < -0.3 is 15.1 Å². The highest BCUT2D eigenvalue weighted by molar-refractivity contribution is 7.91. The first kappa shape index (κ1) is 21.7. The fraction of sp³-hybridized carbons (Fsp3) is 0.632.